The Kier molecular flexibility index (Phi) is 3.30. The summed E-state index contributed by atoms with van der Waals surface area (Å²) in [6.45, 7) is 1.18. The molecule has 0 spiro atoms. The van der Waals surface area contributed by atoms with Crippen LogP contribution in [-0.2, 0) is 0 Å². The van der Waals surface area contributed by atoms with Gasteiger partial charge in [-0.3, -0.25) is 14.3 Å². The zero-order chi connectivity index (χ0) is 16.0. The fourth-order valence-corrected chi connectivity index (χ4v) is 3.16. The van der Waals surface area contributed by atoms with Gasteiger partial charge in [0.05, 0.1) is 22.3 Å². The molecule has 23 heavy (non-hydrogen) atoms. The van der Waals surface area contributed by atoms with Gasteiger partial charge in [0.15, 0.2) is 0 Å². The summed E-state index contributed by atoms with van der Waals surface area (Å²) < 4.78 is 2.77. The highest BCUT2D eigenvalue weighted by Gasteiger charge is 2.33. The van der Waals surface area contributed by atoms with Crippen LogP contribution in [0.15, 0.2) is 52.0 Å². The molecule has 0 atom stereocenters. The van der Waals surface area contributed by atoms with Gasteiger partial charge in [0.1, 0.15) is 0 Å². The van der Waals surface area contributed by atoms with Crippen molar-refractivity contribution >= 4 is 32.7 Å². The second kappa shape index (κ2) is 5.34. The number of aromatic amines is 1. The maximum Gasteiger partial charge on any atom is 0.254 e. The molecule has 3 aromatic rings. The third kappa shape index (κ3) is 2.46. The number of likely N-dealkylation sites (tertiary alicyclic amines) is 1. The first-order valence-corrected chi connectivity index (χ1v) is 8.02. The molecule has 3 heterocycles. The highest BCUT2D eigenvalue weighted by molar-refractivity contribution is 9.10. The lowest BCUT2D eigenvalue weighted by atomic mass is 10.0. The molecule has 0 aliphatic carbocycles. The molecule has 6 nitrogen and oxygen atoms in total. The van der Waals surface area contributed by atoms with Crippen LogP contribution in [0, 0.1) is 0 Å². The molecule has 0 unspecified atom stereocenters. The lowest BCUT2D eigenvalue weighted by Crippen LogP contribution is -2.51. The van der Waals surface area contributed by atoms with Gasteiger partial charge in [0, 0.05) is 36.3 Å². The fraction of sp³-hybridized carbons (Fsp3) is 0.188. The Morgan fingerprint density at radius 1 is 1.30 bits per heavy atom. The van der Waals surface area contributed by atoms with Crippen molar-refractivity contribution in [2.45, 2.75) is 6.04 Å². The first kappa shape index (κ1) is 14.2. The van der Waals surface area contributed by atoms with E-state index in [0.717, 1.165) is 9.86 Å². The molecule has 1 aliphatic rings. The smallest absolute Gasteiger partial charge is 0.254 e. The molecule has 1 fully saturated rings. The molecule has 2 aromatic heterocycles. The van der Waals surface area contributed by atoms with Crippen molar-refractivity contribution in [2.24, 2.45) is 0 Å². The maximum atomic E-state index is 12.7. The van der Waals surface area contributed by atoms with E-state index in [-0.39, 0.29) is 17.5 Å². The minimum atomic E-state index is -0.264. The first-order chi connectivity index (χ1) is 11.1. The van der Waals surface area contributed by atoms with E-state index in [1.165, 1.54) is 6.07 Å². The lowest BCUT2D eigenvalue weighted by molar-refractivity contribution is 0.0503. The van der Waals surface area contributed by atoms with Gasteiger partial charge < -0.3 is 9.88 Å². The molecule has 116 valence electrons. The third-order valence-electron chi connectivity index (χ3n) is 4.07. The topological polar surface area (TPSA) is 71.0 Å². The summed E-state index contributed by atoms with van der Waals surface area (Å²) in [4.78, 5) is 29.0. The number of nitrogens with zero attached hydrogens (tertiary/aromatic N) is 3. The van der Waals surface area contributed by atoms with E-state index in [1.54, 1.807) is 17.2 Å². The molecule has 1 aliphatic heterocycles. The highest BCUT2D eigenvalue weighted by atomic mass is 79.9. The van der Waals surface area contributed by atoms with Crippen molar-refractivity contribution < 1.29 is 4.79 Å². The summed E-state index contributed by atoms with van der Waals surface area (Å²) in [6, 6.07) is 8.90. The first-order valence-electron chi connectivity index (χ1n) is 7.23. The van der Waals surface area contributed by atoms with E-state index < -0.39 is 0 Å². The van der Waals surface area contributed by atoms with Gasteiger partial charge in [-0.15, -0.1) is 0 Å². The molecule has 1 aromatic carbocycles. The number of halogens is 1. The van der Waals surface area contributed by atoms with Crippen LogP contribution in [-0.4, -0.2) is 38.7 Å². The maximum absolute atomic E-state index is 12.7. The largest absolute Gasteiger partial charge is 0.334 e. The van der Waals surface area contributed by atoms with Crippen molar-refractivity contribution in [3.63, 3.8) is 0 Å². The summed E-state index contributed by atoms with van der Waals surface area (Å²) >= 11 is 3.37. The molecule has 1 saturated heterocycles. The van der Waals surface area contributed by atoms with E-state index in [1.807, 2.05) is 29.1 Å². The van der Waals surface area contributed by atoms with Gasteiger partial charge in [-0.25, -0.2) is 0 Å². The Bertz CT molecular complexity index is 956. The van der Waals surface area contributed by atoms with Gasteiger partial charge in [-0.05, 0) is 22.0 Å². The van der Waals surface area contributed by atoms with Gasteiger partial charge in [0.25, 0.3) is 5.91 Å². The van der Waals surface area contributed by atoms with Crippen molar-refractivity contribution in [1.82, 2.24) is 19.7 Å². The highest BCUT2D eigenvalue weighted by Crippen LogP contribution is 2.25. The van der Waals surface area contributed by atoms with Crippen molar-refractivity contribution in [2.75, 3.05) is 13.1 Å². The number of carbonyl (C=O) groups excluding carboxylic acids is 1. The number of benzene rings is 1. The van der Waals surface area contributed by atoms with E-state index in [4.69, 9.17) is 0 Å². The lowest BCUT2D eigenvalue weighted by Gasteiger charge is -2.39. The number of rotatable bonds is 2. The monoisotopic (exact) mass is 372 g/mol. The number of carbonyl (C=O) groups is 1. The summed E-state index contributed by atoms with van der Waals surface area (Å²) in [7, 11) is 0. The standard InChI is InChI=1S/C16H13BrN4O2/c17-10-6-18-21(7-10)11-8-20(9-11)16(23)13-5-15(22)19-14-4-2-1-3-12(13)14/h1-7,11H,8-9H2,(H,19,22). The zero-order valence-electron chi connectivity index (χ0n) is 12.1. The van der Waals surface area contributed by atoms with E-state index in [2.05, 4.69) is 26.0 Å². The third-order valence-corrected chi connectivity index (χ3v) is 4.48. The number of pyridine rings is 1. The van der Waals surface area contributed by atoms with E-state index in [0.29, 0.717) is 24.2 Å². The van der Waals surface area contributed by atoms with Crippen LogP contribution in [0.4, 0.5) is 0 Å². The Hall–Kier alpha value is -2.41. The van der Waals surface area contributed by atoms with Crippen LogP contribution in [0.1, 0.15) is 16.4 Å². The predicted octanol–water partition coefficient (Wildman–Crippen LogP) is 2.18. The average Bonchev–Trinajstić information content (AvgIpc) is 2.91. The molecule has 0 saturated carbocycles. The van der Waals surface area contributed by atoms with Crippen molar-refractivity contribution in [1.29, 1.82) is 0 Å². The minimum absolute atomic E-state index is 0.116. The van der Waals surface area contributed by atoms with Crippen LogP contribution in [0.3, 0.4) is 0 Å². The number of hydrogen-bond acceptors (Lipinski definition) is 3. The molecule has 1 N–H and O–H groups in total. The minimum Gasteiger partial charge on any atom is -0.334 e. The number of hydrogen-bond donors (Lipinski definition) is 1. The Morgan fingerprint density at radius 3 is 2.83 bits per heavy atom. The van der Waals surface area contributed by atoms with Gasteiger partial charge in [0.2, 0.25) is 5.56 Å². The zero-order valence-corrected chi connectivity index (χ0v) is 13.7. The van der Waals surface area contributed by atoms with Gasteiger partial charge in [-0.1, -0.05) is 18.2 Å². The molecule has 7 heteroatoms. The normalized spacial score (nSPS) is 14.9. The van der Waals surface area contributed by atoms with Gasteiger partial charge >= 0.3 is 0 Å². The number of nitrogens with one attached hydrogen (secondary N) is 1. The second-order valence-corrected chi connectivity index (χ2v) is 6.51. The summed E-state index contributed by atoms with van der Waals surface area (Å²) in [5, 5.41) is 5.01. The molecule has 4 rings (SSSR count). The van der Waals surface area contributed by atoms with Crippen LogP contribution >= 0.6 is 15.9 Å². The number of amides is 1. The molecular weight excluding hydrogens is 360 g/mol. The molecule has 0 bridgehead atoms. The van der Waals surface area contributed by atoms with E-state index >= 15 is 0 Å². The fourth-order valence-electron chi connectivity index (χ4n) is 2.85. The number of aromatic nitrogens is 3. The SMILES string of the molecule is O=C(c1cc(=O)[nH]c2ccccc12)N1CC(n2cc(Br)cn2)C1. The quantitative estimate of drug-likeness (QED) is 0.749. The number of fused-ring (bicyclic) bond motifs is 1. The predicted molar refractivity (Wildman–Crippen MR) is 89.4 cm³/mol. The second-order valence-electron chi connectivity index (χ2n) is 5.60. The molecular formula is C16H13BrN4O2. The average molecular weight is 373 g/mol. The summed E-state index contributed by atoms with van der Waals surface area (Å²) in [6.07, 6.45) is 3.63. The summed E-state index contributed by atoms with van der Waals surface area (Å²) in [5.41, 5.74) is 0.862. The van der Waals surface area contributed by atoms with Crippen LogP contribution in [0.25, 0.3) is 10.9 Å². The van der Waals surface area contributed by atoms with Crippen molar-refractivity contribution in [3.8, 4) is 0 Å². The molecule has 0 radical (unpaired) electrons. The Labute approximate surface area is 139 Å². The Balaban J connectivity index is 1.60. The van der Waals surface area contributed by atoms with Crippen LogP contribution < -0.4 is 5.56 Å². The van der Waals surface area contributed by atoms with E-state index in [9.17, 15) is 9.59 Å². The summed E-state index contributed by atoms with van der Waals surface area (Å²) in [5.74, 6) is -0.116. The number of H-pyrrole nitrogens is 1. The number of para-hydroxylation sites is 1. The van der Waals surface area contributed by atoms with Crippen LogP contribution in [0.5, 0.6) is 0 Å². The Morgan fingerprint density at radius 2 is 2.09 bits per heavy atom. The molecule has 1 amide bonds. The van der Waals surface area contributed by atoms with Crippen LogP contribution in [0.2, 0.25) is 0 Å². The van der Waals surface area contributed by atoms with Crippen molar-refractivity contribution in [3.05, 3.63) is 63.1 Å². The van der Waals surface area contributed by atoms with Gasteiger partial charge in [-0.2, -0.15) is 5.10 Å².